The van der Waals surface area contributed by atoms with Crippen LogP contribution in [0.5, 0.6) is 0 Å². The fourth-order valence-corrected chi connectivity index (χ4v) is 3.10. The number of thiophene rings is 1. The minimum atomic E-state index is -1.05. The van der Waals surface area contributed by atoms with Crippen LogP contribution >= 0.6 is 11.3 Å². The molecule has 0 saturated carbocycles. The molecule has 0 bridgehead atoms. The smallest absolute Gasteiger partial charge is 0.223 e. The number of hydrogen-bond donors (Lipinski definition) is 2. The van der Waals surface area contributed by atoms with Gasteiger partial charge in [0.2, 0.25) is 5.95 Å². The molecule has 0 saturated heterocycles. The number of pyridine rings is 1. The van der Waals surface area contributed by atoms with E-state index in [9.17, 15) is 5.11 Å². The molecule has 0 aromatic carbocycles. The van der Waals surface area contributed by atoms with Crippen molar-refractivity contribution in [3.05, 3.63) is 46.7 Å². The molecule has 2 N–H and O–H groups in total. The van der Waals surface area contributed by atoms with E-state index < -0.39 is 6.29 Å². The van der Waals surface area contributed by atoms with Gasteiger partial charge in [0.15, 0.2) is 6.29 Å². The van der Waals surface area contributed by atoms with Gasteiger partial charge < -0.3 is 15.2 Å². The Bertz CT molecular complexity index is 806. The molecule has 0 aliphatic rings. The fourth-order valence-electron chi connectivity index (χ4n) is 2.26. The van der Waals surface area contributed by atoms with Crippen LogP contribution in [-0.4, -0.2) is 26.7 Å². The third-order valence-corrected chi connectivity index (χ3v) is 4.20. The first kappa shape index (κ1) is 15.8. The van der Waals surface area contributed by atoms with Crippen molar-refractivity contribution in [3.8, 4) is 0 Å². The van der Waals surface area contributed by atoms with Gasteiger partial charge in [0.1, 0.15) is 5.69 Å². The number of aryl methyl sites for hydroxylation is 1. The average Bonchev–Trinajstić information content (AvgIpc) is 3.01. The molecule has 1 atom stereocenters. The zero-order valence-corrected chi connectivity index (χ0v) is 13.8. The first-order valence-electron chi connectivity index (χ1n) is 7.36. The van der Waals surface area contributed by atoms with E-state index in [-0.39, 0.29) is 0 Å². The maximum absolute atomic E-state index is 10.1. The molecule has 3 heterocycles. The van der Waals surface area contributed by atoms with E-state index in [0.29, 0.717) is 24.8 Å². The Labute approximate surface area is 138 Å². The number of nitrogens with zero attached hydrogens (tertiary/aromatic N) is 3. The Morgan fingerprint density at radius 3 is 3.00 bits per heavy atom. The molecule has 6 nitrogen and oxygen atoms in total. The van der Waals surface area contributed by atoms with Crippen molar-refractivity contribution in [1.82, 2.24) is 15.0 Å². The molecule has 1 unspecified atom stereocenters. The second-order valence-corrected chi connectivity index (χ2v) is 6.02. The molecule has 0 radical (unpaired) electrons. The SMILES string of the molecule is CCOC(O)c1nc(NCc2cncc(C)c2)nc2ccsc12. The van der Waals surface area contributed by atoms with E-state index in [4.69, 9.17) is 4.74 Å². The third kappa shape index (κ3) is 3.64. The van der Waals surface area contributed by atoms with Crippen molar-refractivity contribution in [2.75, 3.05) is 11.9 Å². The zero-order chi connectivity index (χ0) is 16.2. The maximum atomic E-state index is 10.1. The van der Waals surface area contributed by atoms with Gasteiger partial charge in [-0.1, -0.05) is 6.07 Å². The van der Waals surface area contributed by atoms with Crippen LogP contribution in [0, 0.1) is 6.92 Å². The molecular formula is C16H18N4O2S. The number of aliphatic hydroxyl groups is 1. The highest BCUT2D eigenvalue weighted by molar-refractivity contribution is 7.17. The molecule has 0 spiro atoms. The number of nitrogens with one attached hydrogen (secondary N) is 1. The van der Waals surface area contributed by atoms with Gasteiger partial charge in [-0.3, -0.25) is 4.98 Å². The highest BCUT2D eigenvalue weighted by Gasteiger charge is 2.17. The number of aliphatic hydroxyl groups excluding tert-OH is 1. The summed E-state index contributed by atoms with van der Waals surface area (Å²) < 4.78 is 6.11. The van der Waals surface area contributed by atoms with E-state index in [2.05, 4.69) is 26.3 Å². The first-order valence-corrected chi connectivity index (χ1v) is 8.24. The minimum Gasteiger partial charge on any atom is -0.363 e. The molecule has 3 rings (SSSR count). The molecule has 3 aromatic rings. The lowest BCUT2D eigenvalue weighted by atomic mass is 10.2. The topological polar surface area (TPSA) is 80.2 Å². The normalized spacial score (nSPS) is 12.5. The van der Waals surface area contributed by atoms with E-state index in [0.717, 1.165) is 21.3 Å². The predicted octanol–water partition coefficient (Wildman–Crippen LogP) is 3.03. The summed E-state index contributed by atoms with van der Waals surface area (Å²) in [5, 5.41) is 15.2. The molecule has 120 valence electrons. The van der Waals surface area contributed by atoms with Crippen LogP contribution in [0.25, 0.3) is 10.2 Å². The van der Waals surface area contributed by atoms with Gasteiger partial charge in [0, 0.05) is 25.5 Å². The molecule has 0 amide bonds. The van der Waals surface area contributed by atoms with Crippen LogP contribution in [0.3, 0.4) is 0 Å². The molecule has 7 heteroatoms. The standard InChI is InChI=1S/C16H18N4O2S/c1-3-22-15(21)13-14-12(4-5-23-14)19-16(20-13)18-9-11-6-10(2)7-17-8-11/h4-8,15,21H,3,9H2,1-2H3,(H,18,19,20). The van der Waals surface area contributed by atoms with Gasteiger partial charge in [0.05, 0.1) is 10.2 Å². The molecule has 3 aromatic heterocycles. The Morgan fingerprint density at radius 1 is 1.35 bits per heavy atom. The highest BCUT2D eigenvalue weighted by atomic mass is 32.1. The molecule has 0 aliphatic heterocycles. The number of anilines is 1. The lowest BCUT2D eigenvalue weighted by molar-refractivity contribution is -0.0995. The summed E-state index contributed by atoms with van der Waals surface area (Å²) in [6.45, 7) is 4.81. The number of hydrogen-bond acceptors (Lipinski definition) is 7. The van der Waals surface area contributed by atoms with Crippen molar-refractivity contribution >= 4 is 27.5 Å². The minimum absolute atomic E-state index is 0.412. The fraction of sp³-hybridized carbons (Fsp3) is 0.312. The molecule has 0 aliphatic carbocycles. The molecule has 0 fully saturated rings. The highest BCUT2D eigenvalue weighted by Crippen LogP contribution is 2.28. The van der Waals surface area contributed by atoms with Crippen LogP contribution in [0.2, 0.25) is 0 Å². The van der Waals surface area contributed by atoms with Gasteiger partial charge in [-0.05, 0) is 36.4 Å². The third-order valence-electron chi connectivity index (χ3n) is 3.27. The lowest BCUT2D eigenvalue weighted by Crippen LogP contribution is -2.10. The van der Waals surface area contributed by atoms with Crippen LogP contribution in [0.1, 0.15) is 30.0 Å². The predicted molar refractivity (Wildman–Crippen MR) is 90.3 cm³/mol. The van der Waals surface area contributed by atoms with Gasteiger partial charge >= 0.3 is 0 Å². The quantitative estimate of drug-likeness (QED) is 0.676. The Balaban J connectivity index is 1.86. The Hall–Kier alpha value is -2.09. The lowest BCUT2D eigenvalue weighted by Gasteiger charge is -2.13. The summed E-state index contributed by atoms with van der Waals surface area (Å²) in [4.78, 5) is 13.1. The van der Waals surface area contributed by atoms with Gasteiger partial charge in [0.25, 0.3) is 0 Å². The summed E-state index contributed by atoms with van der Waals surface area (Å²) in [5.41, 5.74) is 3.44. The van der Waals surface area contributed by atoms with Crippen molar-refractivity contribution in [2.24, 2.45) is 0 Å². The van der Waals surface area contributed by atoms with Crippen molar-refractivity contribution in [3.63, 3.8) is 0 Å². The van der Waals surface area contributed by atoms with Crippen LogP contribution in [0.4, 0.5) is 5.95 Å². The number of aromatic nitrogens is 3. The second-order valence-electron chi connectivity index (χ2n) is 5.10. The molecular weight excluding hydrogens is 312 g/mol. The van der Waals surface area contributed by atoms with Crippen molar-refractivity contribution < 1.29 is 9.84 Å². The average molecular weight is 330 g/mol. The van der Waals surface area contributed by atoms with Crippen LogP contribution < -0.4 is 5.32 Å². The summed E-state index contributed by atoms with van der Waals surface area (Å²) in [6.07, 6.45) is 2.57. The van der Waals surface area contributed by atoms with Gasteiger partial charge in [-0.25, -0.2) is 9.97 Å². The number of ether oxygens (including phenoxy) is 1. The van der Waals surface area contributed by atoms with E-state index >= 15 is 0 Å². The second kappa shape index (κ2) is 6.99. The van der Waals surface area contributed by atoms with E-state index in [1.54, 1.807) is 6.20 Å². The summed E-state index contributed by atoms with van der Waals surface area (Å²) >= 11 is 1.49. The molecule has 23 heavy (non-hydrogen) atoms. The zero-order valence-electron chi connectivity index (χ0n) is 13.0. The summed E-state index contributed by atoms with van der Waals surface area (Å²) in [5.74, 6) is 0.464. The van der Waals surface area contributed by atoms with Crippen molar-refractivity contribution in [2.45, 2.75) is 26.7 Å². The van der Waals surface area contributed by atoms with E-state index in [1.165, 1.54) is 11.3 Å². The monoisotopic (exact) mass is 330 g/mol. The maximum Gasteiger partial charge on any atom is 0.223 e. The Morgan fingerprint density at radius 2 is 2.22 bits per heavy atom. The number of fused-ring (bicyclic) bond motifs is 1. The van der Waals surface area contributed by atoms with Crippen molar-refractivity contribution in [1.29, 1.82) is 0 Å². The van der Waals surface area contributed by atoms with Gasteiger partial charge in [-0.15, -0.1) is 11.3 Å². The Kier molecular flexibility index (Phi) is 4.80. The number of rotatable bonds is 6. The summed E-state index contributed by atoms with van der Waals surface area (Å²) in [6, 6.07) is 3.96. The van der Waals surface area contributed by atoms with E-state index in [1.807, 2.05) is 31.5 Å². The largest absolute Gasteiger partial charge is 0.363 e. The van der Waals surface area contributed by atoms with Crippen LogP contribution in [-0.2, 0) is 11.3 Å². The summed E-state index contributed by atoms with van der Waals surface area (Å²) in [7, 11) is 0. The first-order chi connectivity index (χ1) is 11.2. The van der Waals surface area contributed by atoms with Gasteiger partial charge in [-0.2, -0.15) is 0 Å². The van der Waals surface area contributed by atoms with Crippen LogP contribution in [0.15, 0.2) is 29.9 Å².